The lowest BCUT2D eigenvalue weighted by Gasteiger charge is -2.20. The fourth-order valence-corrected chi connectivity index (χ4v) is 3.83. The van der Waals surface area contributed by atoms with Gasteiger partial charge in [0.05, 0.1) is 22.8 Å². The number of pyridine rings is 1. The standard InChI is InChI=1S/C22H16ClF6N5O3/c1-2-37-19(35)16-11-17(31-34(16)18-15(23)4-3-5-30-18)33-7-6-32(20(33)36)14-9-12(21(24,25)26)8-13(10-14)22(27,28)29/h3-5,8-11H,2,6-7H2,1H3. The van der Waals surface area contributed by atoms with Crippen molar-refractivity contribution in [3.05, 3.63) is 64.4 Å². The molecule has 3 aromatic rings. The molecule has 1 aliphatic rings. The number of ether oxygens (including phenoxy) is 1. The number of hydrogen-bond donors (Lipinski definition) is 0. The molecular formula is C22H16ClF6N5O3. The van der Waals surface area contributed by atoms with Crippen LogP contribution in [0, 0.1) is 0 Å². The molecule has 0 spiro atoms. The van der Waals surface area contributed by atoms with E-state index >= 15 is 0 Å². The number of amides is 2. The molecule has 8 nitrogen and oxygen atoms in total. The number of carbonyl (C=O) groups is 2. The van der Waals surface area contributed by atoms with Crippen molar-refractivity contribution in [2.75, 3.05) is 29.5 Å². The molecule has 1 saturated heterocycles. The van der Waals surface area contributed by atoms with E-state index in [0.717, 1.165) is 14.5 Å². The van der Waals surface area contributed by atoms with Crippen molar-refractivity contribution in [2.45, 2.75) is 19.3 Å². The molecule has 1 aliphatic heterocycles. The summed E-state index contributed by atoms with van der Waals surface area (Å²) in [6.45, 7) is 1.19. The zero-order valence-corrected chi connectivity index (χ0v) is 19.5. The molecule has 0 saturated carbocycles. The summed E-state index contributed by atoms with van der Waals surface area (Å²) in [4.78, 5) is 31.5. The minimum Gasteiger partial charge on any atom is -0.461 e. The average molecular weight is 548 g/mol. The number of carbonyl (C=O) groups excluding carboxylic acids is 2. The van der Waals surface area contributed by atoms with Gasteiger partial charge in [0.25, 0.3) is 0 Å². The van der Waals surface area contributed by atoms with Crippen LogP contribution in [0.3, 0.4) is 0 Å². The summed E-state index contributed by atoms with van der Waals surface area (Å²) in [5, 5.41) is 4.32. The Morgan fingerprint density at radius 3 is 2.22 bits per heavy atom. The minimum atomic E-state index is -5.08. The molecule has 2 aromatic heterocycles. The Morgan fingerprint density at radius 1 is 1.03 bits per heavy atom. The molecule has 0 unspecified atom stereocenters. The second kappa shape index (κ2) is 9.57. The monoisotopic (exact) mass is 547 g/mol. The molecule has 0 N–H and O–H groups in total. The van der Waals surface area contributed by atoms with Crippen molar-refractivity contribution in [3.63, 3.8) is 0 Å². The van der Waals surface area contributed by atoms with E-state index in [1.807, 2.05) is 0 Å². The highest BCUT2D eigenvalue weighted by Gasteiger charge is 2.40. The van der Waals surface area contributed by atoms with Crippen molar-refractivity contribution in [1.29, 1.82) is 0 Å². The Labute approximate surface area is 210 Å². The molecule has 15 heteroatoms. The van der Waals surface area contributed by atoms with Crippen LogP contribution in [0.5, 0.6) is 0 Å². The summed E-state index contributed by atoms with van der Waals surface area (Å²) in [6, 6.07) is 4.17. The number of rotatable bonds is 5. The van der Waals surface area contributed by atoms with Crippen LogP contribution in [-0.4, -0.2) is 46.5 Å². The Bertz CT molecular complexity index is 1330. The number of aromatic nitrogens is 3. The zero-order valence-electron chi connectivity index (χ0n) is 18.8. The molecule has 1 fully saturated rings. The highest BCUT2D eigenvalue weighted by molar-refractivity contribution is 6.32. The van der Waals surface area contributed by atoms with E-state index in [2.05, 4.69) is 10.1 Å². The summed E-state index contributed by atoms with van der Waals surface area (Å²) in [5.41, 5.74) is -3.85. The lowest BCUT2D eigenvalue weighted by Crippen LogP contribution is -2.32. The van der Waals surface area contributed by atoms with Crippen LogP contribution in [0.25, 0.3) is 5.82 Å². The third-order valence-electron chi connectivity index (χ3n) is 5.29. The van der Waals surface area contributed by atoms with Crippen LogP contribution in [-0.2, 0) is 17.1 Å². The molecule has 0 bridgehead atoms. The van der Waals surface area contributed by atoms with Gasteiger partial charge in [-0.1, -0.05) is 11.6 Å². The number of nitrogens with zero attached hydrogens (tertiary/aromatic N) is 5. The van der Waals surface area contributed by atoms with Gasteiger partial charge in [-0.3, -0.25) is 9.80 Å². The van der Waals surface area contributed by atoms with E-state index in [0.29, 0.717) is 12.1 Å². The maximum atomic E-state index is 13.3. The van der Waals surface area contributed by atoms with Gasteiger partial charge in [0.2, 0.25) is 0 Å². The SMILES string of the molecule is CCOC(=O)c1cc(N2CCN(c3cc(C(F)(F)F)cc(C(F)(F)F)c3)C2=O)nn1-c1ncccc1Cl. The predicted molar refractivity (Wildman–Crippen MR) is 119 cm³/mol. The maximum absolute atomic E-state index is 13.3. The van der Waals surface area contributed by atoms with Crippen molar-refractivity contribution >= 4 is 35.1 Å². The molecule has 0 aliphatic carbocycles. The number of halogens is 7. The van der Waals surface area contributed by atoms with Gasteiger partial charge in [0.1, 0.15) is 0 Å². The Balaban J connectivity index is 1.74. The van der Waals surface area contributed by atoms with Crippen LogP contribution in [0.1, 0.15) is 28.5 Å². The molecule has 0 atom stereocenters. The molecule has 4 rings (SSSR count). The summed E-state index contributed by atoms with van der Waals surface area (Å²) < 4.78 is 85.8. The lowest BCUT2D eigenvalue weighted by molar-refractivity contribution is -0.143. The normalized spacial score (nSPS) is 14.4. The second-order valence-electron chi connectivity index (χ2n) is 7.68. The van der Waals surface area contributed by atoms with E-state index in [9.17, 15) is 35.9 Å². The van der Waals surface area contributed by atoms with Gasteiger partial charge in [0.15, 0.2) is 17.3 Å². The van der Waals surface area contributed by atoms with Crippen LogP contribution in [0.2, 0.25) is 5.02 Å². The van der Waals surface area contributed by atoms with E-state index in [4.69, 9.17) is 16.3 Å². The number of benzene rings is 1. The third kappa shape index (κ3) is 5.19. The fourth-order valence-electron chi connectivity index (χ4n) is 3.63. The van der Waals surface area contributed by atoms with Crippen molar-refractivity contribution in [2.24, 2.45) is 0 Å². The number of urea groups is 1. The first-order chi connectivity index (χ1) is 17.3. The summed E-state index contributed by atoms with van der Waals surface area (Å²) in [7, 11) is 0. The first-order valence-corrected chi connectivity index (χ1v) is 11.0. The number of anilines is 2. The largest absolute Gasteiger partial charge is 0.461 e. The van der Waals surface area contributed by atoms with E-state index in [1.165, 1.54) is 24.4 Å². The molecule has 196 valence electrons. The molecule has 1 aromatic carbocycles. The van der Waals surface area contributed by atoms with Gasteiger partial charge < -0.3 is 4.74 Å². The van der Waals surface area contributed by atoms with Gasteiger partial charge in [-0.2, -0.15) is 26.3 Å². The first kappa shape index (κ1) is 26.3. The van der Waals surface area contributed by atoms with Crippen molar-refractivity contribution in [1.82, 2.24) is 14.8 Å². The van der Waals surface area contributed by atoms with Gasteiger partial charge in [-0.15, -0.1) is 5.10 Å². The van der Waals surface area contributed by atoms with E-state index in [-0.39, 0.29) is 48.1 Å². The fraction of sp³-hybridized carbons (Fsp3) is 0.273. The summed E-state index contributed by atoms with van der Waals surface area (Å²) in [5.74, 6) is -0.894. The lowest BCUT2D eigenvalue weighted by atomic mass is 10.1. The second-order valence-corrected chi connectivity index (χ2v) is 8.09. The molecular weight excluding hydrogens is 532 g/mol. The van der Waals surface area contributed by atoms with Crippen LogP contribution in [0.15, 0.2) is 42.6 Å². The van der Waals surface area contributed by atoms with Gasteiger partial charge in [-0.25, -0.2) is 19.3 Å². The summed E-state index contributed by atoms with van der Waals surface area (Å²) in [6.07, 6.45) is -8.77. The molecule has 3 heterocycles. The number of hydrogen-bond acceptors (Lipinski definition) is 5. The average Bonchev–Trinajstić information content (AvgIpc) is 3.42. The molecule has 2 amide bonds. The van der Waals surface area contributed by atoms with Gasteiger partial charge in [0, 0.05) is 31.0 Å². The van der Waals surface area contributed by atoms with Crippen LogP contribution in [0.4, 0.5) is 42.6 Å². The number of alkyl halides is 6. The quantitative estimate of drug-likeness (QED) is 0.308. The molecule has 37 heavy (non-hydrogen) atoms. The van der Waals surface area contributed by atoms with Crippen LogP contribution >= 0.6 is 11.6 Å². The maximum Gasteiger partial charge on any atom is 0.416 e. The first-order valence-electron chi connectivity index (χ1n) is 10.6. The highest BCUT2D eigenvalue weighted by Crippen LogP contribution is 2.39. The van der Waals surface area contributed by atoms with Crippen LogP contribution < -0.4 is 9.80 Å². The summed E-state index contributed by atoms with van der Waals surface area (Å²) >= 11 is 6.17. The van der Waals surface area contributed by atoms with Gasteiger partial charge in [-0.05, 0) is 37.3 Å². The third-order valence-corrected chi connectivity index (χ3v) is 5.59. The van der Waals surface area contributed by atoms with Crippen molar-refractivity contribution in [3.8, 4) is 5.82 Å². The zero-order chi connectivity index (χ0) is 27.1. The van der Waals surface area contributed by atoms with E-state index < -0.39 is 41.2 Å². The Hall–Kier alpha value is -3.81. The Kier molecular flexibility index (Phi) is 6.79. The predicted octanol–water partition coefficient (Wildman–Crippen LogP) is 5.58. The minimum absolute atomic E-state index is 0.0167. The topological polar surface area (TPSA) is 80.6 Å². The highest BCUT2D eigenvalue weighted by atomic mass is 35.5. The van der Waals surface area contributed by atoms with E-state index in [1.54, 1.807) is 6.92 Å². The molecule has 0 radical (unpaired) electrons. The van der Waals surface area contributed by atoms with Crippen molar-refractivity contribution < 1.29 is 40.7 Å². The number of esters is 1. The van der Waals surface area contributed by atoms with Gasteiger partial charge >= 0.3 is 24.4 Å². The Morgan fingerprint density at radius 2 is 1.65 bits per heavy atom. The smallest absolute Gasteiger partial charge is 0.416 e.